The number of sulfonamides is 1. The third-order valence-electron chi connectivity index (χ3n) is 3.89. The second-order valence-corrected chi connectivity index (χ2v) is 7.62. The zero-order valence-electron chi connectivity index (χ0n) is 14.8. The summed E-state index contributed by atoms with van der Waals surface area (Å²) in [7, 11) is -2.28. The van der Waals surface area contributed by atoms with Crippen molar-refractivity contribution in [2.75, 3.05) is 5.32 Å². The molecule has 9 heteroatoms. The normalized spacial score (nSPS) is 12.6. The molecule has 0 aliphatic carbocycles. The number of nitrogens with zero attached hydrogens (tertiary/aromatic N) is 1. The van der Waals surface area contributed by atoms with Crippen molar-refractivity contribution in [3.05, 3.63) is 47.8 Å². The zero-order chi connectivity index (χ0) is 19.5. The summed E-state index contributed by atoms with van der Waals surface area (Å²) in [5, 5.41) is 2.73. The number of hydrogen-bond acceptors (Lipinski definition) is 4. The van der Waals surface area contributed by atoms with Gasteiger partial charge in [-0.2, -0.15) is 0 Å². The van der Waals surface area contributed by atoms with E-state index in [0.29, 0.717) is 12.1 Å². The van der Waals surface area contributed by atoms with Crippen LogP contribution in [0.5, 0.6) is 0 Å². The van der Waals surface area contributed by atoms with Crippen LogP contribution >= 0.6 is 0 Å². The number of hydrogen-bond donors (Lipinski definition) is 3. The second-order valence-electron chi connectivity index (χ2n) is 5.90. The number of primary amides is 1. The molecule has 2 rings (SSSR count). The van der Waals surface area contributed by atoms with E-state index in [0.717, 1.165) is 5.56 Å². The molecule has 0 saturated heterocycles. The number of aromatic nitrogens is 1. The highest BCUT2D eigenvalue weighted by Gasteiger charge is 2.22. The molecule has 0 radical (unpaired) electrons. The molecular weight excluding hydrogens is 356 g/mol. The summed E-state index contributed by atoms with van der Waals surface area (Å²) in [5.74, 6) is -0.799. The third kappa shape index (κ3) is 4.50. The van der Waals surface area contributed by atoms with Crippen molar-refractivity contribution >= 4 is 27.5 Å². The summed E-state index contributed by atoms with van der Waals surface area (Å²) >= 11 is 0. The molecule has 0 aliphatic heterocycles. The van der Waals surface area contributed by atoms with Crippen molar-refractivity contribution in [3.63, 3.8) is 0 Å². The first-order chi connectivity index (χ1) is 12.1. The smallest absolute Gasteiger partial charge is 0.265 e. The quantitative estimate of drug-likeness (QED) is 0.675. The lowest BCUT2D eigenvalue weighted by Gasteiger charge is -2.14. The number of carbonyl (C=O) groups is 2. The zero-order valence-corrected chi connectivity index (χ0v) is 15.6. The minimum atomic E-state index is -3.82. The fourth-order valence-electron chi connectivity index (χ4n) is 2.40. The molecule has 0 aliphatic rings. The molecule has 26 heavy (non-hydrogen) atoms. The summed E-state index contributed by atoms with van der Waals surface area (Å²) in [6.45, 7) is 3.46. The van der Waals surface area contributed by atoms with Gasteiger partial charge in [0.15, 0.2) is 0 Å². The molecule has 1 aromatic heterocycles. The number of nitrogens with two attached hydrogens (primary N) is 1. The van der Waals surface area contributed by atoms with E-state index in [4.69, 9.17) is 5.73 Å². The van der Waals surface area contributed by atoms with Gasteiger partial charge in [0, 0.05) is 31.4 Å². The van der Waals surface area contributed by atoms with E-state index in [1.165, 1.54) is 16.8 Å². The van der Waals surface area contributed by atoms with Gasteiger partial charge in [-0.3, -0.25) is 9.59 Å². The van der Waals surface area contributed by atoms with Crippen LogP contribution in [-0.4, -0.2) is 24.8 Å². The molecule has 0 fully saturated rings. The molecule has 2 amide bonds. The number of anilines is 1. The fourth-order valence-corrected chi connectivity index (χ4v) is 3.70. The van der Waals surface area contributed by atoms with Crippen LogP contribution in [0.3, 0.4) is 0 Å². The third-order valence-corrected chi connectivity index (χ3v) is 5.40. The van der Waals surface area contributed by atoms with Gasteiger partial charge in [-0.15, -0.1) is 0 Å². The molecule has 1 aromatic carbocycles. The van der Waals surface area contributed by atoms with Crippen molar-refractivity contribution in [2.24, 2.45) is 12.8 Å². The number of carbonyl (C=O) groups excluding carboxylic acids is 2. The molecule has 1 unspecified atom stereocenters. The molecule has 0 saturated carbocycles. The lowest BCUT2D eigenvalue weighted by molar-refractivity contribution is -0.115. The molecular formula is C17H22N4O4S. The number of amides is 2. The van der Waals surface area contributed by atoms with Gasteiger partial charge in [0.2, 0.25) is 15.9 Å². The van der Waals surface area contributed by atoms with E-state index in [2.05, 4.69) is 10.0 Å². The van der Waals surface area contributed by atoms with Crippen LogP contribution in [0.15, 0.2) is 41.4 Å². The summed E-state index contributed by atoms with van der Waals surface area (Å²) in [5.41, 5.74) is 6.70. The highest BCUT2D eigenvalue weighted by atomic mass is 32.2. The number of rotatable bonds is 7. The number of aryl methyl sites for hydroxylation is 1. The second kappa shape index (κ2) is 7.71. The van der Waals surface area contributed by atoms with Crippen molar-refractivity contribution in [1.82, 2.24) is 9.29 Å². The van der Waals surface area contributed by atoms with E-state index in [1.54, 1.807) is 45.2 Å². The Bertz CT molecular complexity index is 917. The molecule has 1 atom stereocenters. The van der Waals surface area contributed by atoms with Gasteiger partial charge in [0.05, 0.1) is 0 Å². The Morgan fingerprint density at radius 3 is 2.35 bits per heavy atom. The number of nitrogens with one attached hydrogen (secondary N) is 2. The highest BCUT2D eigenvalue weighted by molar-refractivity contribution is 7.89. The largest absolute Gasteiger partial charge is 0.364 e. The van der Waals surface area contributed by atoms with Crippen LogP contribution in [0.25, 0.3) is 0 Å². The van der Waals surface area contributed by atoms with Gasteiger partial charge in [-0.25, -0.2) is 13.1 Å². The Kier molecular flexibility index (Phi) is 5.83. The van der Waals surface area contributed by atoms with Crippen LogP contribution in [0.4, 0.5) is 5.69 Å². The van der Waals surface area contributed by atoms with Crippen LogP contribution in [0.2, 0.25) is 0 Å². The average Bonchev–Trinajstić information content (AvgIpc) is 2.98. The summed E-state index contributed by atoms with van der Waals surface area (Å²) < 4.78 is 29.0. The standard InChI is InChI=1S/C17H22N4O4S/c1-4-16(22)19-13-7-5-12(6-8-13)11(2)20-26(24,25)14-9-15(17(18)23)21(3)10-14/h5-11,20H,4H2,1-3H3,(H2,18,23)(H,19,22). The Labute approximate surface area is 152 Å². The molecule has 2 aromatic rings. The summed E-state index contributed by atoms with van der Waals surface area (Å²) in [6, 6.07) is 7.62. The van der Waals surface area contributed by atoms with E-state index in [9.17, 15) is 18.0 Å². The van der Waals surface area contributed by atoms with E-state index in [-0.39, 0.29) is 16.5 Å². The predicted molar refractivity (Wildman–Crippen MR) is 98.0 cm³/mol. The molecule has 140 valence electrons. The molecule has 4 N–H and O–H groups in total. The van der Waals surface area contributed by atoms with Gasteiger partial charge in [0.25, 0.3) is 5.91 Å². The summed E-state index contributed by atoms with van der Waals surface area (Å²) in [6.07, 6.45) is 1.71. The SMILES string of the molecule is CCC(=O)Nc1ccc(C(C)NS(=O)(=O)c2cc(C(N)=O)n(C)c2)cc1. The van der Waals surface area contributed by atoms with Crippen molar-refractivity contribution < 1.29 is 18.0 Å². The average molecular weight is 378 g/mol. The lowest BCUT2D eigenvalue weighted by Crippen LogP contribution is -2.26. The first-order valence-corrected chi connectivity index (χ1v) is 9.50. The Balaban J connectivity index is 2.15. The van der Waals surface area contributed by atoms with Gasteiger partial charge in [-0.05, 0) is 30.7 Å². The highest BCUT2D eigenvalue weighted by Crippen LogP contribution is 2.20. The molecule has 1 heterocycles. The van der Waals surface area contributed by atoms with Gasteiger partial charge < -0.3 is 15.6 Å². The van der Waals surface area contributed by atoms with Crippen LogP contribution < -0.4 is 15.8 Å². The Morgan fingerprint density at radius 1 is 1.23 bits per heavy atom. The predicted octanol–water partition coefficient (Wildman–Crippen LogP) is 1.51. The minimum absolute atomic E-state index is 0.0347. The van der Waals surface area contributed by atoms with Crippen molar-refractivity contribution in [3.8, 4) is 0 Å². The topological polar surface area (TPSA) is 123 Å². The van der Waals surface area contributed by atoms with Gasteiger partial charge in [-0.1, -0.05) is 19.1 Å². The maximum atomic E-state index is 12.5. The summed E-state index contributed by atoms with van der Waals surface area (Å²) in [4.78, 5) is 22.6. The Hall–Kier alpha value is -2.65. The first kappa shape index (κ1) is 19.7. The van der Waals surface area contributed by atoms with Crippen LogP contribution in [-0.2, 0) is 21.9 Å². The Morgan fingerprint density at radius 2 is 1.85 bits per heavy atom. The molecule has 0 bridgehead atoms. The first-order valence-electron chi connectivity index (χ1n) is 8.02. The van der Waals surface area contributed by atoms with Crippen LogP contribution in [0.1, 0.15) is 42.4 Å². The van der Waals surface area contributed by atoms with Gasteiger partial charge >= 0.3 is 0 Å². The minimum Gasteiger partial charge on any atom is -0.364 e. The van der Waals surface area contributed by atoms with Crippen molar-refractivity contribution in [1.29, 1.82) is 0 Å². The van der Waals surface area contributed by atoms with Crippen LogP contribution in [0, 0.1) is 0 Å². The van der Waals surface area contributed by atoms with E-state index >= 15 is 0 Å². The fraction of sp³-hybridized carbons (Fsp3) is 0.294. The van der Waals surface area contributed by atoms with E-state index in [1.807, 2.05) is 0 Å². The monoisotopic (exact) mass is 378 g/mol. The van der Waals surface area contributed by atoms with Gasteiger partial charge in [0.1, 0.15) is 10.6 Å². The van der Waals surface area contributed by atoms with Crippen molar-refractivity contribution in [2.45, 2.75) is 31.2 Å². The maximum absolute atomic E-state index is 12.5. The van der Waals surface area contributed by atoms with E-state index < -0.39 is 22.0 Å². The molecule has 8 nitrogen and oxygen atoms in total. The molecule has 0 spiro atoms. The number of benzene rings is 1. The lowest BCUT2D eigenvalue weighted by atomic mass is 10.1. The maximum Gasteiger partial charge on any atom is 0.265 e.